The van der Waals surface area contributed by atoms with Crippen molar-refractivity contribution in [3.8, 4) is 5.75 Å². The predicted octanol–water partition coefficient (Wildman–Crippen LogP) is 4.87. The van der Waals surface area contributed by atoms with E-state index in [1.165, 1.54) is 12.1 Å². The zero-order valence-electron chi connectivity index (χ0n) is 13.1. The number of para-hydroxylation sites is 2. The molecule has 1 aliphatic rings. The molecular formula is C17H17FN4OS. The van der Waals surface area contributed by atoms with Crippen molar-refractivity contribution in [2.75, 3.05) is 18.2 Å². The second-order valence-corrected chi connectivity index (χ2v) is 6.36. The average molecular weight is 344 g/mol. The number of guanidine groups is 1. The highest BCUT2D eigenvalue weighted by Crippen LogP contribution is 2.38. The Kier molecular flexibility index (Phi) is 5.10. The van der Waals surface area contributed by atoms with Crippen molar-refractivity contribution in [3.05, 3.63) is 53.8 Å². The largest absolute Gasteiger partial charge is 0.495 e. The van der Waals surface area contributed by atoms with E-state index in [2.05, 4.69) is 15.5 Å². The molecule has 24 heavy (non-hydrogen) atoms. The van der Waals surface area contributed by atoms with Crippen LogP contribution in [0.5, 0.6) is 5.75 Å². The maximum atomic E-state index is 13.5. The van der Waals surface area contributed by atoms with Crippen molar-refractivity contribution >= 4 is 23.4 Å². The fourth-order valence-electron chi connectivity index (χ4n) is 2.50. The summed E-state index contributed by atoms with van der Waals surface area (Å²) in [6.07, 6.45) is 0.770. The van der Waals surface area contributed by atoms with Crippen LogP contribution in [0.1, 0.15) is 18.0 Å². The molecule has 0 saturated carbocycles. The first-order valence-electron chi connectivity index (χ1n) is 7.49. The average Bonchev–Trinajstić information content (AvgIpc) is 2.60. The Hall–Kier alpha value is -2.41. The Morgan fingerprint density at radius 2 is 2.17 bits per heavy atom. The summed E-state index contributed by atoms with van der Waals surface area (Å²) in [5.74, 6) is 1.16. The van der Waals surface area contributed by atoms with Crippen LogP contribution in [0.2, 0.25) is 0 Å². The SMILES string of the molecule is COc1ccccc1NC(=N)N=NC1CCSc2ccc(F)cc21. The Bertz CT molecular complexity index is 781. The molecule has 0 aromatic heterocycles. The molecule has 2 aromatic rings. The van der Waals surface area contributed by atoms with E-state index in [0.717, 1.165) is 22.6 Å². The van der Waals surface area contributed by atoms with E-state index in [1.54, 1.807) is 37.1 Å². The second kappa shape index (κ2) is 7.44. The molecule has 3 rings (SSSR count). The predicted molar refractivity (Wildman–Crippen MR) is 93.7 cm³/mol. The highest BCUT2D eigenvalue weighted by atomic mass is 32.2. The van der Waals surface area contributed by atoms with Crippen molar-refractivity contribution in [1.82, 2.24) is 0 Å². The third kappa shape index (κ3) is 3.73. The van der Waals surface area contributed by atoms with Gasteiger partial charge in [-0.25, -0.2) is 4.39 Å². The van der Waals surface area contributed by atoms with Gasteiger partial charge < -0.3 is 10.1 Å². The molecule has 0 amide bonds. The Morgan fingerprint density at radius 3 is 3.00 bits per heavy atom. The van der Waals surface area contributed by atoms with Gasteiger partial charge in [0.25, 0.3) is 0 Å². The van der Waals surface area contributed by atoms with E-state index in [-0.39, 0.29) is 17.8 Å². The number of methoxy groups -OCH3 is 1. The van der Waals surface area contributed by atoms with Crippen molar-refractivity contribution in [2.24, 2.45) is 10.2 Å². The molecule has 0 radical (unpaired) electrons. The molecule has 5 nitrogen and oxygen atoms in total. The van der Waals surface area contributed by atoms with Crippen molar-refractivity contribution in [3.63, 3.8) is 0 Å². The van der Waals surface area contributed by atoms with Gasteiger partial charge in [-0.1, -0.05) is 12.1 Å². The molecular weight excluding hydrogens is 327 g/mol. The number of anilines is 1. The van der Waals surface area contributed by atoms with Gasteiger partial charge in [0.1, 0.15) is 11.6 Å². The number of halogens is 1. The number of fused-ring (bicyclic) bond motifs is 1. The van der Waals surface area contributed by atoms with Crippen LogP contribution in [0.15, 0.2) is 57.6 Å². The lowest BCUT2D eigenvalue weighted by Gasteiger charge is -2.20. The van der Waals surface area contributed by atoms with Gasteiger partial charge in [0.15, 0.2) is 0 Å². The monoisotopic (exact) mass is 344 g/mol. The number of thioether (sulfide) groups is 1. The van der Waals surface area contributed by atoms with E-state index < -0.39 is 0 Å². The van der Waals surface area contributed by atoms with Crippen LogP contribution in [0.25, 0.3) is 0 Å². The quantitative estimate of drug-likeness (QED) is 0.474. The number of hydrogen-bond donors (Lipinski definition) is 2. The lowest BCUT2D eigenvalue weighted by Crippen LogP contribution is -2.10. The Morgan fingerprint density at radius 1 is 1.33 bits per heavy atom. The number of nitrogens with one attached hydrogen (secondary N) is 2. The minimum absolute atomic E-state index is 0.0873. The van der Waals surface area contributed by atoms with Gasteiger partial charge in [0.2, 0.25) is 5.96 Å². The molecule has 0 bridgehead atoms. The number of rotatable bonds is 3. The molecule has 0 spiro atoms. The van der Waals surface area contributed by atoms with Crippen molar-refractivity contribution in [2.45, 2.75) is 17.4 Å². The molecule has 1 aliphatic heterocycles. The molecule has 124 valence electrons. The van der Waals surface area contributed by atoms with Gasteiger partial charge in [-0.2, -0.15) is 5.11 Å². The summed E-state index contributed by atoms with van der Waals surface area (Å²) in [7, 11) is 1.57. The summed E-state index contributed by atoms with van der Waals surface area (Å²) in [5, 5.41) is 19.0. The molecule has 1 atom stereocenters. The molecule has 2 N–H and O–H groups in total. The highest BCUT2D eigenvalue weighted by molar-refractivity contribution is 7.99. The van der Waals surface area contributed by atoms with Crippen molar-refractivity contribution < 1.29 is 9.13 Å². The summed E-state index contributed by atoms with van der Waals surface area (Å²) in [6.45, 7) is 0. The smallest absolute Gasteiger partial charge is 0.239 e. The molecule has 0 aliphatic carbocycles. The molecule has 1 unspecified atom stereocenters. The van der Waals surface area contributed by atoms with E-state index in [0.29, 0.717) is 11.4 Å². The first-order valence-corrected chi connectivity index (χ1v) is 8.47. The number of ether oxygens (including phenoxy) is 1. The van der Waals surface area contributed by atoms with Crippen LogP contribution >= 0.6 is 11.8 Å². The van der Waals surface area contributed by atoms with E-state index in [9.17, 15) is 4.39 Å². The standard InChI is InChI=1S/C17H17FN4OS/c1-23-15-5-3-2-4-14(15)20-17(19)22-21-13-8-9-24-16-7-6-11(18)10-12(13)16/h2-7,10,13H,8-9H2,1H3,(H2,19,20). The summed E-state index contributed by atoms with van der Waals surface area (Å²) in [6, 6.07) is 11.8. The summed E-state index contributed by atoms with van der Waals surface area (Å²) in [5.41, 5.74) is 1.48. The first kappa shape index (κ1) is 16.4. The van der Waals surface area contributed by atoms with Gasteiger partial charge in [-0.05, 0) is 42.3 Å². The normalized spacial score (nSPS) is 16.7. The first-order chi connectivity index (χ1) is 11.7. The fourth-order valence-corrected chi connectivity index (χ4v) is 3.58. The van der Waals surface area contributed by atoms with Gasteiger partial charge in [-0.15, -0.1) is 16.9 Å². The molecule has 0 fully saturated rings. The fraction of sp³-hybridized carbons (Fsp3) is 0.235. The van der Waals surface area contributed by atoms with E-state index >= 15 is 0 Å². The number of hydrogen-bond acceptors (Lipinski definition) is 4. The van der Waals surface area contributed by atoms with Crippen LogP contribution in [0.4, 0.5) is 10.1 Å². The Labute approximate surface area is 143 Å². The van der Waals surface area contributed by atoms with E-state index in [4.69, 9.17) is 10.1 Å². The topological polar surface area (TPSA) is 69.8 Å². The van der Waals surface area contributed by atoms with Crippen LogP contribution in [-0.2, 0) is 0 Å². The molecule has 2 aromatic carbocycles. The van der Waals surface area contributed by atoms with Crippen LogP contribution in [-0.4, -0.2) is 18.8 Å². The minimum atomic E-state index is -0.279. The summed E-state index contributed by atoms with van der Waals surface area (Å²) in [4.78, 5) is 1.02. The number of benzene rings is 2. The Balaban J connectivity index is 1.72. The summed E-state index contributed by atoms with van der Waals surface area (Å²) < 4.78 is 18.7. The number of nitrogens with zero attached hydrogens (tertiary/aromatic N) is 2. The van der Waals surface area contributed by atoms with Gasteiger partial charge >= 0.3 is 0 Å². The molecule has 0 saturated heterocycles. The van der Waals surface area contributed by atoms with Crippen LogP contribution < -0.4 is 10.1 Å². The second-order valence-electron chi connectivity index (χ2n) is 5.22. The molecule has 1 heterocycles. The van der Waals surface area contributed by atoms with E-state index in [1.807, 2.05) is 12.1 Å². The van der Waals surface area contributed by atoms with Crippen LogP contribution in [0, 0.1) is 11.2 Å². The zero-order valence-corrected chi connectivity index (χ0v) is 13.9. The summed E-state index contributed by atoms with van der Waals surface area (Å²) >= 11 is 1.69. The number of azo groups is 1. The molecule has 7 heteroatoms. The highest BCUT2D eigenvalue weighted by Gasteiger charge is 2.21. The lowest BCUT2D eigenvalue weighted by atomic mass is 10.0. The third-order valence-corrected chi connectivity index (χ3v) is 4.76. The third-order valence-electron chi connectivity index (χ3n) is 3.64. The van der Waals surface area contributed by atoms with Gasteiger partial charge in [-0.3, -0.25) is 5.41 Å². The van der Waals surface area contributed by atoms with Crippen molar-refractivity contribution in [1.29, 1.82) is 5.41 Å². The minimum Gasteiger partial charge on any atom is -0.495 e. The maximum absolute atomic E-state index is 13.5. The van der Waals surface area contributed by atoms with Gasteiger partial charge in [0, 0.05) is 10.6 Å². The van der Waals surface area contributed by atoms with Gasteiger partial charge in [0.05, 0.1) is 18.8 Å². The lowest BCUT2D eigenvalue weighted by molar-refractivity contribution is 0.417. The van der Waals surface area contributed by atoms with Crippen LogP contribution in [0.3, 0.4) is 0 Å². The zero-order chi connectivity index (χ0) is 16.9. The maximum Gasteiger partial charge on any atom is 0.239 e.